The third kappa shape index (κ3) is 2.92. The van der Waals surface area contributed by atoms with E-state index in [0.717, 1.165) is 19.3 Å². The standard InChI is InChI=1S/C14H20N2O3S/c1-11(17)12-5-4-7-14(9-12)20(18,19)16-8-3-2-6-13(16)10-15/h4-5,7,9,13H,2-3,6,8,10,15H2,1H3. The van der Waals surface area contributed by atoms with E-state index in [1.807, 2.05) is 0 Å². The quantitative estimate of drug-likeness (QED) is 0.851. The first-order chi connectivity index (χ1) is 9.46. The molecule has 1 fully saturated rings. The van der Waals surface area contributed by atoms with Gasteiger partial charge in [0.1, 0.15) is 0 Å². The van der Waals surface area contributed by atoms with Gasteiger partial charge in [-0.05, 0) is 31.9 Å². The fourth-order valence-electron chi connectivity index (χ4n) is 2.54. The molecular formula is C14H20N2O3S. The lowest BCUT2D eigenvalue weighted by Crippen LogP contribution is -2.47. The van der Waals surface area contributed by atoms with E-state index in [2.05, 4.69) is 0 Å². The Labute approximate surface area is 119 Å². The van der Waals surface area contributed by atoms with E-state index in [-0.39, 0.29) is 16.7 Å². The molecule has 0 amide bonds. The molecule has 1 saturated heterocycles. The molecule has 1 heterocycles. The largest absolute Gasteiger partial charge is 0.329 e. The highest BCUT2D eigenvalue weighted by molar-refractivity contribution is 7.89. The number of nitrogens with zero attached hydrogens (tertiary/aromatic N) is 1. The summed E-state index contributed by atoms with van der Waals surface area (Å²) < 4.78 is 26.9. The van der Waals surface area contributed by atoms with Crippen LogP contribution in [0, 0.1) is 0 Å². The molecule has 6 heteroatoms. The van der Waals surface area contributed by atoms with Gasteiger partial charge in [-0.3, -0.25) is 4.79 Å². The summed E-state index contributed by atoms with van der Waals surface area (Å²) in [6, 6.07) is 6.06. The molecule has 20 heavy (non-hydrogen) atoms. The van der Waals surface area contributed by atoms with E-state index in [4.69, 9.17) is 5.73 Å². The first kappa shape index (κ1) is 15.2. The van der Waals surface area contributed by atoms with Crippen LogP contribution in [-0.2, 0) is 10.0 Å². The maximum absolute atomic E-state index is 12.7. The van der Waals surface area contributed by atoms with Crippen molar-refractivity contribution in [2.24, 2.45) is 5.73 Å². The number of carbonyl (C=O) groups is 1. The van der Waals surface area contributed by atoms with Crippen LogP contribution in [0.1, 0.15) is 36.5 Å². The molecule has 0 spiro atoms. The van der Waals surface area contributed by atoms with E-state index in [0.29, 0.717) is 18.7 Å². The molecule has 1 aliphatic heterocycles. The number of piperidine rings is 1. The van der Waals surface area contributed by atoms with Gasteiger partial charge in [0.05, 0.1) is 4.90 Å². The predicted octanol–water partition coefficient (Wildman–Crippen LogP) is 1.39. The van der Waals surface area contributed by atoms with Crippen LogP contribution in [0.3, 0.4) is 0 Å². The van der Waals surface area contributed by atoms with Gasteiger partial charge in [0.25, 0.3) is 0 Å². The Kier molecular flexibility index (Phi) is 4.57. The number of hydrogen-bond acceptors (Lipinski definition) is 4. The number of sulfonamides is 1. The van der Waals surface area contributed by atoms with Crippen LogP contribution >= 0.6 is 0 Å². The third-order valence-corrected chi connectivity index (χ3v) is 5.64. The molecule has 1 atom stereocenters. The van der Waals surface area contributed by atoms with Gasteiger partial charge < -0.3 is 5.73 Å². The number of carbonyl (C=O) groups excluding carboxylic acids is 1. The van der Waals surface area contributed by atoms with Crippen molar-refractivity contribution in [1.82, 2.24) is 4.31 Å². The van der Waals surface area contributed by atoms with Gasteiger partial charge in [-0.15, -0.1) is 0 Å². The predicted molar refractivity (Wildman–Crippen MR) is 77.0 cm³/mol. The van der Waals surface area contributed by atoms with E-state index >= 15 is 0 Å². The van der Waals surface area contributed by atoms with Gasteiger partial charge in [0.2, 0.25) is 10.0 Å². The van der Waals surface area contributed by atoms with Gasteiger partial charge >= 0.3 is 0 Å². The summed E-state index contributed by atoms with van der Waals surface area (Å²) in [5.41, 5.74) is 6.10. The van der Waals surface area contributed by atoms with Crippen LogP contribution in [-0.4, -0.2) is 37.6 Å². The van der Waals surface area contributed by atoms with Crippen LogP contribution in [0.25, 0.3) is 0 Å². The minimum Gasteiger partial charge on any atom is -0.329 e. The van der Waals surface area contributed by atoms with Crippen molar-refractivity contribution in [1.29, 1.82) is 0 Å². The smallest absolute Gasteiger partial charge is 0.243 e. The molecule has 2 rings (SSSR count). The molecule has 0 radical (unpaired) electrons. The second-order valence-electron chi connectivity index (χ2n) is 5.09. The van der Waals surface area contributed by atoms with Crippen molar-refractivity contribution in [3.8, 4) is 0 Å². The number of hydrogen-bond donors (Lipinski definition) is 1. The van der Waals surface area contributed by atoms with Crippen LogP contribution in [0.2, 0.25) is 0 Å². The average molecular weight is 296 g/mol. The monoisotopic (exact) mass is 296 g/mol. The molecule has 1 aromatic carbocycles. The van der Waals surface area contributed by atoms with Crippen molar-refractivity contribution >= 4 is 15.8 Å². The Hall–Kier alpha value is -1.24. The molecule has 1 aromatic rings. The van der Waals surface area contributed by atoms with Crippen molar-refractivity contribution in [3.05, 3.63) is 29.8 Å². The maximum Gasteiger partial charge on any atom is 0.243 e. The van der Waals surface area contributed by atoms with Gasteiger partial charge in [0, 0.05) is 24.7 Å². The van der Waals surface area contributed by atoms with E-state index in [1.54, 1.807) is 12.1 Å². The molecular weight excluding hydrogens is 276 g/mol. The van der Waals surface area contributed by atoms with Gasteiger partial charge in [0.15, 0.2) is 5.78 Å². The van der Waals surface area contributed by atoms with Crippen molar-refractivity contribution in [3.63, 3.8) is 0 Å². The SMILES string of the molecule is CC(=O)c1cccc(S(=O)(=O)N2CCCCC2CN)c1. The minimum absolute atomic E-state index is 0.143. The molecule has 0 aliphatic carbocycles. The van der Waals surface area contributed by atoms with E-state index in [1.165, 1.54) is 23.4 Å². The Morgan fingerprint density at radius 2 is 2.15 bits per heavy atom. The van der Waals surface area contributed by atoms with E-state index < -0.39 is 10.0 Å². The van der Waals surface area contributed by atoms with Crippen LogP contribution < -0.4 is 5.73 Å². The third-order valence-electron chi connectivity index (χ3n) is 3.69. The molecule has 2 N–H and O–H groups in total. The Bertz CT molecular complexity index is 598. The van der Waals surface area contributed by atoms with Gasteiger partial charge in [-0.1, -0.05) is 18.6 Å². The second kappa shape index (κ2) is 6.03. The fourth-order valence-corrected chi connectivity index (χ4v) is 4.29. The molecule has 110 valence electrons. The number of Topliss-reactive ketones (excluding diaryl/α,β-unsaturated/α-hetero) is 1. The summed E-state index contributed by atoms with van der Waals surface area (Å²) in [5, 5.41) is 0. The number of benzene rings is 1. The highest BCUT2D eigenvalue weighted by Crippen LogP contribution is 2.25. The topological polar surface area (TPSA) is 80.5 Å². The lowest BCUT2D eigenvalue weighted by atomic mass is 10.1. The molecule has 0 aromatic heterocycles. The Morgan fingerprint density at radius 1 is 1.40 bits per heavy atom. The number of rotatable bonds is 4. The van der Waals surface area contributed by atoms with Crippen molar-refractivity contribution in [2.75, 3.05) is 13.1 Å². The van der Waals surface area contributed by atoms with Crippen LogP contribution in [0.15, 0.2) is 29.2 Å². The fraction of sp³-hybridized carbons (Fsp3) is 0.500. The van der Waals surface area contributed by atoms with Crippen LogP contribution in [0.4, 0.5) is 0 Å². The number of nitrogens with two attached hydrogens (primary N) is 1. The summed E-state index contributed by atoms with van der Waals surface area (Å²) in [5.74, 6) is -0.143. The summed E-state index contributed by atoms with van der Waals surface area (Å²) in [4.78, 5) is 11.6. The zero-order valence-corrected chi connectivity index (χ0v) is 12.4. The minimum atomic E-state index is -3.58. The summed E-state index contributed by atoms with van der Waals surface area (Å²) in [7, 11) is -3.58. The van der Waals surface area contributed by atoms with Crippen molar-refractivity contribution < 1.29 is 13.2 Å². The van der Waals surface area contributed by atoms with E-state index in [9.17, 15) is 13.2 Å². The molecule has 0 bridgehead atoms. The highest BCUT2D eigenvalue weighted by Gasteiger charge is 2.32. The van der Waals surface area contributed by atoms with Crippen molar-refractivity contribution in [2.45, 2.75) is 37.1 Å². The molecule has 0 saturated carbocycles. The summed E-state index contributed by atoms with van der Waals surface area (Å²) >= 11 is 0. The average Bonchev–Trinajstić information content (AvgIpc) is 2.47. The first-order valence-electron chi connectivity index (χ1n) is 6.79. The van der Waals surface area contributed by atoms with Gasteiger partial charge in [-0.25, -0.2) is 8.42 Å². The maximum atomic E-state index is 12.7. The summed E-state index contributed by atoms with van der Waals surface area (Å²) in [6.07, 6.45) is 2.64. The van der Waals surface area contributed by atoms with Crippen LogP contribution in [0.5, 0.6) is 0 Å². The zero-order chi connectivity index (χ0) is 14.8. The lowest BCUT2D eigenvalue weighted by molar-refractivity contribution is 0.101. The molecule has 1 unspecified atom stereocenters. The molecule has 1 aliphatic rings. The Morgan fingerprint density at radius 3 is 2.80 bits per heavy atom. The second-order valence-corrected chi connectivity index (χ2v) is 6.98. The first-order valence-corrected chi connectivity index (χ1v) is 8.23. The lowest BCUT2D eigenvalue weighted by Gasteiger charge is -2.33. The van der Waals surface area contributed by atoms with Gasteiger partial charge in [-0.2, -0.15) is 4.31 Å². The Balaban J connectivity index is 2.38. The number of ketones is 1. The molecule has 5 nitrogen and oxygen atoms in total. The zero-order valence-electron chi connectivity index (χ0n) is 11.6. The highest BCUT2D eigenvalue weighted by atomic mass is 32.2. The summed E-state index contributed by atoms with van der Waals surface area (Å²) in [6.45, 7) is 2.25. The normalized spacial score (nSPS) is 20.8.